The van der Waals surface area contributed by atoms with Crippen molar-refractivity contribution >= 4 is 11.5 Å². The smallest absolute Gasteiger partial charge is 0.372 e. The molecule has 8 heteroatoms. The van der Waals surface area contributed by atoms with Gasteiger partial charge in [-0.05, 0) is 26.8 Å². The van der Waals surface area contributed by atoms with Crippen LogP contribution in [0.2, 0.25) is 0 Å². The Labute approximate surface area is 117 Å². The highest BCUT2D eigenvalue weighted by Crippen LogP contribution is 2.30. The molecule has 1 fully saturated rings. The fourth-order valence-corrected chi connectivity index (χ4v) is 1.91. The number of likely N-dealkylation sites (N-methyl/N-ethyl adjacent to an activating group) is 1. The maximum Gasteiger partial charge on any atom is 0.372 e. The van der Waals surface area contributed by atoms with Crippen LogP contribution in [-0.2, 0) is 0 Å². The molecule has 1 N–H and O–H groups in total. The van der Waals surface area contributed by atoms with Crippen molar-refractivity contribution in [2.45, 2.75) is 25.8 Å². The van der Waals surface area contributed by atoms with Gasteiger partial charge in [-0.15, -0.1) is 0 Å². The molecule has 0 saturated heterocycles. The van der Waals surface area contributed by atoms with E-state index >= 15 is 0 Å². The van der Waals surface area contributed by atoms with Crippen molar-refractivity contribution in [3.63, 3.8) is 0 Å². The molecular formula is C12H19N5O3. The Balaban J connectivity index is 2.01. The molecule has 2 rings (SSSR count). The third-order valence-electron chi connectivity index (χ3n) is 3.17. The van der Waals surface area contributed by atoms with E-state index in [2.05, 4.69) is 20.2 Å². The van der Waals surface area contributed by atoms with E-state index < -0.39 is 4.92 Å². The Bertz CT molecular complexity index is 478. The molecule has 1 aromatic rings. The topological polar surface area (TPSA) is 93.4 Å². The Hall–Kier alpha value is -1.96. The van der Waals surface area contributed by atoms with E-state index in [1.807, 2.05) is 14.0 Å². The lowest BCUT2D eigenvalue weighted by atomic mass is 10.4. The van der Waals surface area contributed by atoms with Gasteiger partial charge >= 0.3 is 5.69 Å². The molecule has 0 bridgehead atoms. The molecule has 20 heavy (non-hydrogen) atoms. The van der Waals surface area contributed by atoms with Crippen LogP contribution >= 0.6 is 0 Å². The summed E-state index contributed by atoms with van der Waals surface area (Å²) in [6.45, 7) is 3.48. The number of anilines is 1. The molecule has 0 aliphatic heterocycles. The maximum absolute atomic E-state index is 11.1. The van der Waals surface area contributed by atoms with Gasteiger partial charge in [-0.2, -0.15) is 4.98 Å². The van der Waals surface area contributed by atoms with Gasteiger partial charge in [-0.25, -0.2) is 4.98 Å². The SMILES string of the molecule is CCNc1ncnc(OCCN(C)C2CC2)c1[N+](=O)[O-]. The van der Waals surface area contributed by atoms with E-state index in [0.717, 1.165) is 6.54 Å². The van der Waals surface area contributed by atoms with Crippen molar-refractivity contribution in [3.05, 3.63) is 16.4 Å². The molecule has 1 heterocycles. The van der Waals surface area contributed by atoms with E-state index in [1.165, 1.54) is 19.2 Å². The fourth-order valence-electron chi connectivity index (χ4n) is 1.91. The summed E-state index contributed by atoms with van der Waals surface area (Å²) in [6, 6.07) is 0.635. The monoisotopic (exact) mass is 281 g/mol. The summed E-state index contributed by atoms with van der Waals surface area (Å²) >= 11 is 0. The Morgan fingerprint density at radius 3 is 2.90 bits per heavy atom. The molecule has 0 aromatic carbocycles. The second-order valence-corrected chi connectivity index (χ2v) is 4.72. The van der Waals surface area contributed by atoms with E-state index in [4.69, 9.17) is 4.74 Å². The number of rotatable bonds is 8. The Morgan fingerprint density at radius 1 is 1.55 bits per heavy atom. The average Bonchev–Trinajstić information content (AvgIpc) is 3.23. The first-order valence-corrected chi connectivity index (χ1v) is 6.69. The molecule has 0 unspecified atom stereocenters. The zero-order valence-electron chi connectivity index (χ0n) is 11.7. The normalized spacial score (nSPS) is 14.3. The van der Waals surface area contributed by atoms with Crippen LogP contribution in [0.15, 0.2) is 6.33 Å². The molecule has 8 nitrogen and oxygen atoms in total. The Morgan fingerprint density at radius 2 is 2.30 bits per heavy atom. The summed E-state index contributed by atoms with van der Waals surface area (Å²) in [5, 5.41) is 14.0. The minimum Gasteiger partial charge on any atom is -0.471 e. The minimum absolute atomic E-state index is 0.0187. The van der Waals surface area contributed by atoms with Crippen LogP contribution in [0, 0.1) is 10.1 Å². The Kier molecular flexibility index (Phi) is 4.67. The average molecular weight is 281 g/mol. The maximum atomic E-state index is 11.1. The molecule has 0 spiro atoms. The number of aromatic nitrogens is 2. The predicted octanol–water partition coefficient (Wildman–Crippen LogP) is 1.29. The van der Waals surface area contributed by atoms with Crippen molar-refractivity contribution < 1.29 is 9.66 Å². The third kappa shape index (κ3) is 3.53. The lowest BCUT2D eigenvalue weighted by molar-refractivity contribution is -0.385. The quantitative estimate of drug-likeness (QED) is 0.566. The summed E-state index contributed by atoms with van der Waals surface area (Å²) in [5.41, 5.74) is -0.205. The predicted molar refractivity (Wildman–Crippen MR) is 74.0 cm³/mol. The standard InChI is InChI=1S/C12H19N5O3/c1-3-13-11-10(17(18)19)12(15-8-14-11)20-7-6-16(2)9-4-5-9/h8-9H,3-7H2,1-2H3,(H,13,14,15). The highest BCUT2D eigenvalue weighted by Gasteiger charge is 2.27. The summed E-state index contributed by atoms with van der Waals surface area (Å²) in [5.74, 6) is 0.211. The van der Waals surface area contributed by atoms with Gasteiger partial charge in [0.1, 0.15) is 12.9 Å². The summed E-state index contributed by atoms with van der Waals surface area (Å²) in [7, 11) is 2.03. The van der Waals surface area contributed by atoms with Crippen LogP contribution in [0.1, 0.15) is 19.8 Å². The number of nitrogens with one attached hydrogen (secondary N) is 1. The summed E-state index contributed by atoms with van der Waals surface area (Å²) in [6.07, 6.45) is 3.70. The van der Waals surface area contributed by atoms with E-state index in [9.17, 15) is 10.1 Å². The van der Waals surface area contributed by atoms with Gasteiger partial charge < -0.3 is 15.0 Å². The van der Waals surface area contributed by atoms with Crippen molar-refractivity contribution in [1.29, 1.82) is 0 Å². The first-order chi connectivity index (χ1) is 9.63. The zero-order valence-corrected chi connectivity index (χ0v) is 11.7. The number of ether oxygens (including phenoxy) is 1. The van der Waals surface area contributed by atoms with Gasteiger partial charge in [-0.1, -0.05) is 0 Å². The lowest BCUT2D eigenvalue weighted by Gasteiger charge is -2.15. The van der Waals surface area contributed by atoms with Crippen LogP contribution in [0.3, 0.4) is 0 Å². The second-order valence-electron chi connectivity index (χ2n) is 4.72. The molecule has 0 radical (unpaired) electrons. The first kappa shape index (κ1) is 14.4. The van der Waals surface area contributed by atoms with Gasteiger partial charge in [0, 0.05) is 19.1 Å². The van der Waals surface area contributed by atoms with Crippen LogP contribution in [0.25, 0.3) is 0 Å². The molecular weight excluding hydrogens is 262 g/mol. The van der Waals surface area contributed by atoms with E-state index in [0.29, 0.717) is 19.2 Å². The van der Waals surface area contributed by atoms with Crippen LogP contribution < -0.4 is 10.1 Å². The highest BCUT2D eigenvalue weighted by molar-refractivity contribution is 5.60. The third-order valence-corrected chi connectivity index (χ3v) is 3.17. The summed E-state index contributed by atoms with van der Waals surface area (Å²) < 4.78 is 5.46. The number of nitro groups is 1. The van der Waals surface area contributed by atoms with E-state index in [-0.39, 0.29) is 17.4 Å². The molecule has 0 atom stereocenters. The molecule has 1 aliphatic rings. The highest BCUT2D eigenvalue weighted by atomic mass is 16.6. The molecule has 1 saturated carbocycles. The van der Waals surface area contributed by atoms with Gasteiger partial charge in [0.25, 0.3) is 5.88 Å². The number of hydrogen-bond donors (Lipinski definition) is 1. The van der Waals surface area contributed by atoms with Crippen LogP contribution in [0.4, 0.5) is 11.5 Å². The van der Waals surface area contributed by atoms with Gasteiger partial charge in [0.15, 0.2) is 0 Å². The van der Waals surface area contributed by atoms with Crippen molar-refractivity contribution in [2.24, 2.45) is 0 Å². The minimum atomic E-state index is -0.516. The molecule has 110 valence electrons. The van der Waals surface area contributed by atoms with Crippen molar-refractivity contribution in [3.8, 4) is 5.88 Å². The van der Waals surface area contributed by atoms with Gasteiger partial charge in [0.05, 0.1) is 4.92 Å². The van der Waals surface area contributed by atoms with Crippen molar-refractivity contribution in [2.75, 3.05) is 32.1 Å². The molecule has 1 aliphatic carbocycles. The van der Waals surface area contributed by atoms with Crippen LogP contribution in [0.5, 0.6) is 5.88 Å². The van der Waals surface area contributed by atoms with E-state index in [1.54, 1.807) is 0 Å². The first-order valence-electron chi connectivity index (χ1n) is 6.69. The fraction of sp³-hybridized carbons (Fsp3) is 0.667. The largest absolute Gasteiger partial charge is 0.471 e. The number of nitrogens with zero attached hydrogens (tertiary/aromatic N) is 4. The van der Waals surface area contributed by atoms with Gasteiger partial charge in [0.2, 0.25) is 5.82 Å². The molecule has 1 aromatic heterocycles. The van der Waals surface area contributed by atoms with Gasteiger partial charge in [-0.3, -0.25) is 10.1 Å². The number of hydrogen-bond acceptors (Lipinski definition) is 7. The zero-order chi connectivity index (χ0) is 14.5. The van der Waals surface area contributed by atoms with Crippen LogP contribution in [-0.4, -0.2) is 52.6 Å². The summed E-state index contributed by atoms with van der Waals surface area (Å²) in [4.78, 5) is 20.5. The van der Waals surface area contributed by atoms with Crippen molar-refractivity contribution in [1.82, 2.24) is 14.9 Å². The molecule has 0 amide bonds. The lowest BCUT2D eigenvalue weighted by Crippen LogP contribution is -2.26. The second kappa shape index (κ2) is 6.47.